The third kappa shape index (κ3) is 4.31. The monoisotopic (exact) mass is 337 g/mol. The van der Waals surface area contributed by atoms with Crippen LogP contribution in [-0.2, 0) is 0 Å². The zero-order chi connectivity index (χ0) is 15.4. The molecule has 1 N–H and O–H groups in total. The third-order valence-corrected chi connectivity index (χ3v) is 4.98. The number of piperidine rings is 1. The van der Waals surface area contributed by atoms with Gasteiger partial charge in [0, 0.05) is 19.2 Å². The number of nitro benzene ring substituents is 1. The van der Waals surface area contributed by atoms with Crippen LogP contribution in [0.15, 0.2) is 30.3 Å². The molecule has 1 aromatic rings. The number of halogens is 1. The summed E-state index contributed by atoms with van der Waals surface area (Å²) in [4.78, 5) is 13.1. The molecule has 2 aliphatic heterocycles. The van der Waals surface area contributed by atoms with Crippen LogP contribution >= 0.6 is 12.4 Å². The van der Waals surface area contributed by atoms with E-state index < -0.39 is 0 Å². The number of likely N-dealkylation sites (tertiary alicyclic amines) is 1. The minimum atomic E-state index is -0.320. The standard InChI is InChI=1S/C17H23N3O2.ClH/c21-20(22)16-6-2-1-4-15(16)5-3-12-19-13-9-17(14-19)7-10-18-11-8-17;/h1-6,18H,7-14H2;1H/b5-3+;. The number of benzene rings is 1. The molecule has 0 amide bonds. The molecule has 0 aliphatic carbocycles. The zero-order valence-electron chi connectivity index (χ0n) is 13.2. The number of hydrogen-bond acceptors (Lipinski definition) is 4. The molecule has 23 heavy (non-hydrogen) atoms. The Labute approximate surface area is 143 Å². The molecule has 0 aromatic heterocycles. The van der Waals surface area contributed by atoms with E-state index in [2.05, 4.69) is 16.3 Å². The van der Waals surface area contributed by atoms with Gasteiger partial charge in [0.05, 0.1) is 10.5 Å². The Kier molecular flexibility index (Phi) is 6.16. The summed E-state index contributed by atoms with van der Waals surface area (Å²) in [6.07, 6.45) is 7.77. The number of nitrogens with one attached hydrogen (secondary N) is 1. The maximum atomic E-state index is 11.0. The summed E-state index contributed by atoms with van der Waals surface area (Å²) in [5.41, 5.74) is 1.37. The van der Waals surface area contributed by atoms with Crippen molar-refractivity contribution in [3.8, 4) is 0 Å². The summed E-state index contributed by atoms with van der Waals surface area (Å²) < 4.78 is 0. The topological polar surface area (TPSA) is 58.4 Å². The molecule has 0 unspecified atom stereocenters. The van der Waals surface area contributed by atoms with Crippen molar-refractivity contribution in [2.45, 2.75) is 19.3 Å². The van der Waals surface area contributed by atoms with Crippen LogP contribution in [0.2, 0.25) is 0 Å². The fraction of sp³-hybridized carbons (Fsp3) is 0.529. The summed E-state index contributed by atoms with van der Waals surface area (Å²) in [5.74, 6) is 0. The Bertz CT molecular complexity index is 571. The molecule has 2 heterocycles. The van der Waals surface area contributed by atoms with Crippen molar-refractivity contribution in [3.05, 3.63) is 46.0 Å². The van der Waals surface area contributed by atoms with Gasteiger partial charge in [-0.1, -0.05) is 24.3 Å². The molecule has 2 saturated heterocycles. The van der Waals surface area contributed by atoms with Gasteiger partial charge in [0.25, 0.3) is 5.69 Å². The van der Waals surface area contributed by atoms with Gasteiger partial charge in [0.15, 0.2) is 0 Å². The molecular formula is C17H24ClN3O2. The van der Waals surface area contributed by atoms with E-state index >= 15 is 0 Å². The molecule has 0 bridgehead atoms. The summed E-state index contributed by atoms with van der Waals surface area (Å²) in [5, 5.41) is 14.4. The fourth-order valence-corrected chi connectivity index (χ4v) is 3.67. The van der Waals surface area contributed by atoms with Crippen LogP contribution in [0.4, 0.5) is 5.69 Å². The molecule has 2 fully saturated rings. The number of rotatable bonds is 4. The van der Waals surface area contributed by atoms with Gasteiger partial charge in [0.2, 0.25) is 0 Å². The lowest BCUT2D eigenvalue weighted by molar-refractivity contribution is -0.385. The lowest BCUT2D eigenvalue weighted by atomic mass is 9.78. The maximum Gasteiger partial charge on any atom is 0.276 e. The van der Waals surface area contributed by atoms with E-state index in [1.54, 1.807) is 18.2 Å². The molecule has 2 aliphatic rings. The van der Waals surface area contributed by atoms with Crippen molar-refractivity contribution >= 4 is 24.2 Å². The zero-order valence-corrected chi connectivity index (χ0v) is 14.1. The van der Waals surface area contributed by atoms with Crippen LogP contribution in [0, 0.1) is 15.5 Å². The minimum absolute atomic E-state index is 0. The Morgan fingerprint density at radius 2 is 2.00 bits per heavy atom. The van der Waals surface area contributed by atoms with Gasteiger partial charge < -0.3 is 5.32 Å². The predicted molar refractivity (Wildman–Crippen MR) is 95.0 cm³/mol. The number of nitrogens with zero attached hydrogens (tertiary/aromatic N) is 2. The van der Waals surface area contributed by atoms with Crippen LogP contribution in [-0.4, -0.2) is 42.5 Å². The second-order valence-corrected chi connectivity index (χ2v) is 6.45. The molecule has 0 saturated carbocycles. The number of para-hydroxylation sites is 1. The van der Waals surface area contributed by atoms with E-state index in [9.17, 15) is 10.1 Å². The summed E-state index contributed by atoms with van der Waals surface area (Å²) in [7, 11) is 0. The van der Waals surface area contributed by atoms with Crippen molar-refractivity contribution in [2.75, 3.05) is 32.7 Å². The van der Waals surface area contributed by atoms with Gasteiger partial charge in [-0.05, 0) is 50.4 Å². The van der Waals surface area contributed by atoms with E-state index in [1.165, 1.54) is 19.3 Å². The van der Waals surface area contributed by atoms with Gasteiger partial charge >= 0.3 is 0 Å². The van der Waals surface area contributed by atoms with E-state index in [0.29, 0.717) is 11.0 Å². The highest BCUT2D eigenvalue weighted by Gasteiger charge is 2.38. The summed E-state index contributed by atoms with van der Waals surface area (Å²) in [6, 6.07) is 6.90. The first kappa shape index (κ1) is 17.9. The van der Waals surface area contributed by atoms with E-state index in [1.807, 2.05) is 12.1 Å². The van der Waals surface area contributed by atoms with Gasteiger partial charge in [-0.2, -0.15) is 0 Å². The number of hydrogen-bond donors (Lipinski definition) is 1. The first-order valence-corrected chi connectivity index (χ1v) is 8.02. The largest absolute Gasteiger partial charge is 0.317 e. The highest BCUT2D eigenvalue weighted by molar-refractivity contribution is 5.85. The summed E-state index contributed by atoms with van der Waals surface area (Å²) >= 11 is 0. The first-order valence-electron chi connectivity index (χ1n) is 8.02. The van der Waals surface area contributed by atoms with Crippen molar-refractivity contribution in [1.29, 1.82) is 0 Å². The van der Waals surface area contributed by atoms with Crippen LogP contribution < -0.4 is 5.32 Å². The minimum Gasteiger partial charge on any atom is -0.317 e. The molecule has 0 radical (unpaired) electrons. The molecule has 1 aromatic carbocycles. The maximum absolute atomic E-state index is 11.0. The first-order chi connectivity index (χ1) is 10.7. The highest BCUT2D eigenvalue weighted by atomic mass is 35.5. The molecule has 5 nitrogen and oxygen atoms in total. The van der Waals surface area contributed by atoms with Crippen molar-refractivity contribution in [1.82, 2.24) is 10.2 Å². The Morgan fingerprint density at radius 1 is 1.26 bits per heavy atom. The normalized spacial score (nSPS) is 20.7. The Morgan fingerprint density at radius 3 is 2.74 bits per heavy atom. The van der Waals surface area contributed by atoms with E-state index in [0.717, 1.165) is 32.7 Å². The van der Waals surface area contributed by atoms with Crippen molar-refractivity contribution in [3.63, 3.8) is 0 Å². The quantitative estimate of drug-likeness (QED) is 0.677. The third-order valence-electron chi connectivity index (χ3n) is 4.98. The molecule has 126 valence electrons. The Hall–Kier alpha value is -1.43. The van der Waals surface area contributed by atoms with Crippen LogP contribution in [0.3, 0.4) is 0 Å². The molecule has 0 atom stereocenters. The predicted octanol–water partition coefficient (Wildman–Crippen LogP) is 3.11. The van der Waals surface area contributed by atoms with Gasteiger partial charge in [-0.15, -0.1) is 12.4 Å². The van der Waals surface area contributed by atoms with Gasteiger partial charge in [-0.3, -0.25) is 15.0 Å². The number of nitro groups is 1. The molecular weight excluding hydrogens is 314 g/mol. The highest BCUT2D eigenvalue weighted by Crippen LogP contribution is 2.38. The van der Waals surface area contributed by atoms with Crippen LogP contribution in [0.25, 0.3) is 6.08 Å². The fourth-order valence-electron chi connectivity index (χ4n) is 3.67. The van der Waals surface area contributed by atoms with Crippen LogP contribution in [0.1, 0.15) is 24.8 Å². The SMILES string of the molecule is Cl.O=[N+]([O-])c1ccccc1/C=C/CN1CCC2(CCNCC2)C1. The average Bonchev–Trinajstić information content (AvgIpc) is 2.91. The van der Waals surface area contributed by atoms with E-state index in [-0.39, 0.29) is 23.0 Å². The van der Waals surface area contributed by atoms with Gasteiger partial charge in [-0.25, -0.2) is 0 Å². The van der Waals surface area contributed by atoms with E-state index in [4.69, 9.17) is 0 Å². The average molecular weight is 338 g/mol. The van der Waals surface area contributed by atoms with Crippen molar-refractivity contribution < 1.29 is 4.92 Å². The summed E-state index contributed by atoms with van der Waals surface area (Å²) in [6.45, 7) is 5.46. The van der Waals surface area contributed by atoms with Crippen molar-refractivity contribution in [2.24, 2.45) is 5.41 Å². The molecule has 6 heteroatoms. The smallest absolute Gasteiger partial charge is 0.276 e. The van der Waals surface area contributed by atoms with Crippen LogP contribution in [0.5, 0.6) is 0 Å². The Balaban J connectivity index is 0.00000192. The second kappa shape index (κ2) is 7.90. The molecule has 3 rings (SSSR count). The second-order valence-electron chi connectivity index (χ2n) is 6.45. The lowest BCUT2D eigenvalue weighted by Crippen LogP contribution is -2.38. The molecule has 1 spiro atoms. The lowest BCUT2D eigenvalue weighted by Gasteiger charge is -2.33. The van der Waals surface area contributed by atoms with Gasteiger partial charge in [0.1, 0.15) is 0 Å².